The van der Waals surface area contributed by atoms with Crippen molar-refractivity contribution in [2.24, 2.45) is 18.7 Å². The van der Waals surface area contributed by atoms with E-state index in [2.05, 4.69) is 23.0 Å². The molecular formula is C17H26N4O. The Bertz CT molecular complexity index is 589. The third kappa shape index (κ3) is 2.95. The van der Waals surface area contributed by atoms with Gasteiger partial charge in [0.15, 0.2) is 0 Å². The first kappa shape index (κ1) is 15.3. The molecule has 1 aliphatic carbocycles. The molecule has 0 aromatic carbocycles. The van der Waals surface area contributed by atoms with E-state index in [4.69, 9.17) is 5.73 Å². The molecule has 1 aromatic rings. The number of carbonyl (C=O) groups excluding carboxylic acids is 1. The molecule has 2 aliphatic rings. The maximum absolute atomic E-state index is 11.9. The average molecular weight is 302 g/mol. The van der Waals surface area contributed by atoms with E-state index in [-0.39, 0.29) is 17.7 Å². The number of aromatic nitrogens is 2. The molecule has 1 fully saturated rings. The lowest BCUT2D eigenvalue weighted by atomic mass is 9.89. The molecule has 3 rings (SSSR count). The summed E-state index contributed by atoms with van der Waals surface area (Å²) in [5, 5.41) is 4.33. The van der Waals surface area contributed by atoms with Crippen LogP contribution < -0.4 is 5.73 Å². The molecule has 0 bridgehead atoms. The van der Waals surface area contributed by atoms with Gasteiger partial charge in [0.2, 0.25) is 5.91 Å². The summed E-state index contributed by atoms with van der Waals surface area (Å²) in [4.78, 5) is 14.3. The molecule has 5 heteroatoms. The molecule has 22 heavy (non-hydrogen) atoms. The van der Waals surface area contributed by atoms with Crippen LogP contribution in [-0.2, 0) is 11.8 Å². The first-order chi connectivity index (χ1) is 10.6. The minimum Gasteiger partial charge on any atom is -0.369 e. The number of nitrogens with zero attached hydrogens (tertiary/aromatic N) is 3. The summed E-state index contributed by atoms with van der Waals surface area (Å²) in [7, 11) is 1.94. The highest BCUT2D eigenvalue weighted by atomic mass is 16.1. The molecule has 1 aromatic heterocycles. The fraction of sp³-hybridized carbons (Fsp3) is 0.647. The van der Waals surface area contributed by atoms with Crippen LogP contribution in [0.25, 0.3) is 0 Å². The predicted octanol–water partition coefficient (Wildman–Crippen LogP) is 1.73. The number of nitrogens with two attached hydrogens (primary N) is 1. The molecule has 2 heterocycles. The van der Waals surface area contributed by atoms with Crippen molar-refractivity contribution in [3.63, 3.8) is 0 Å². The minimum atomic E-state index is -0.187. The number of hydrogen-bond donors (Lipinski definition) is 1. The minimum absolute atomic E-state index is 0.105. The van der Waals surface area contributed by atoms with Crippen molar-refractivity contribution in [1.82, 2.24) is 14.7 Å². The van der Waals surface area contributed by atoms with Gasteiger partial charge in [-0.1, -0.05) is 11.6 Å². The summed E-state index contributed by atoms with van der Waals surface area (Å²) >= 11 is 0. The average Bonchev–Trinajstić information content (AvgIpc) is 3.05. The van der Waals surface area contributed by atoms with Crippen molar-refractivity contribution in [3.05, 3.63) is 29.1 Å². The van der Waals surface area contributed by atoms with Gasteiger partial charge in [0.25, 0.3) is 0 Å². The van der Waals surface area contributed by atoms with Crippen LogP contribution in [0.15, 0.2) is 17.8 Å². The Morgan fingerprint density at radius 2 is 2.23 bits per heavy atom. The highest BCUT2D eigenvalue weighted by Crippen LogP contribution is 2.35. The summed E-state index contributed by atoms with van der Waals surface area (Å²) in [5.74, 6) is -0.115. The molecule has 1 amide bonds. The van der Waals surface area contributed by atoms with E-state index < -0.39 is 0 Å². The first-order valence-corrected chi connectivity index (χ1v) is 8.24. The van der Waals surface area contributed by atoms with Crippen molar-refractivity contribution in [1.29, 1.82) is 0 Å². The normalized spacial score (nSPS) is 26.2. The lowest BCUT2D eigenvalue weighted by molar-refractivity contribution is -0.121. The highest BCUT2D eigenvalue weighted by Gasteiger charge is 2.38. The number of amides is 1. The van der Waals surface area contributed by atoms with Crippen molar-refractivity contribution in [3.8, 4) is 0 Å². The van der Waals surface area contributed by atoms with Crippen LogP contribution in [0.5, 0.6) is 0 Å². The van der Waals surface area contributed by atoms with E-state index in [9.17, 15) is 4.79 Å². The number of carbonyl (C=O) groups is 1. The number of hydrogen-bond acceptors (Lipinski definition) is 3. The highest BCUT2D eigenvalue weighted by molar-refractivity contribution is 5.78. The van der Waals surface area contributed by atoms with Crippen LogP contribution in [0.1, 0.15) is 42.9 Å². The van der Waals surface area contributed by atoms with Crippen LogP contribution in [0.4, 0.5) is 0 Å². The first-order valence-electron chi connectivity index (χ1n) is 8.24. The molecule has 0 saturated carbocycles. The van der Waals surface area contributed by atoms with Crippen molar-refractivity contribution in [2.45, 2.75) is 38.5 Å². The van der Waals surface area contributed by atoms with Crippen LogP contribution in [0.3, 0.4) is 0 Å². The van der Waals surface area contributed by atoms with Crippen LogP contribution in [0, 0.1) is 12.8 Å². The van der Waals surface area contributed by atoms with Gasteiger partial charge < -0.3 is 5.73 Å². The zero-order valence-electron chi connectivity index (χ0n) is 13.6. The standard InChI is InChI=1S/C17H26N4O/c1-12-14(8-19-20(12)2)15-10-21(11-16(15)17(18)22)9-13-6-4-3-5-7-13/h6,8,15-16H,3-5,7,9-11H2,1-2H3,(H2,18,22)/t15-,16+/m1/s1. The quantitative estimate of drug-likeness (QED) is 0.862. The summed E-state index contributed by atoms with van der Waals surface area (Å²) in [6.45, 7) is 4.72. The Labute approximate surface area is 132 Å². The van der Waals surface area contributed by atoms with Gasteiger partial charge in [-0.15, -0.1) is 0 Å². The topological polar surface area (TPSA) is 64.2 Å². The van der Waals surface area contributed by atoms with Gasteiger partial charge >= 0.3 is 0 Å². The lowest BCUT2D eigenvalue weighted by Crippen LogP contribution is -2.30. The molecule has 0 unspecified atom stereocenters. The van der Waals surface area contributed by atoms with Crippen molar-refractivity contribution in [2.75, 3.05) is 19.6 Å². The van der Waals surface area contributed by atoms with E-state index in [0.29, 0.717) is 0 Å². The smallest absolute Gasteiger partial charge is 0.222 e. The van der Waals surface area contributed by atoms with Crippen molar-refractivity contribution >= 4 is 5.91 Å². The maximum Gasteiger partial charge on any atom is 0.222 e. The largest absolute Gasteiger partial charge is 0.369 e. The van der Waals surface area contributed by atoms with E-state index >= 15 is 0 Å². The van der Waals surface area contributed by atoms with E-state index in [1.165, 1.54) is 36.8 Å². The fourth-order valence-corrected chi connectivity index (χ4v) is 3.83. The van der Waals surface area contributed by atoms with Gasteiger partial charge in [-0.05, 0) is 38.2 Å². The summed E-state index contributed by atoms with van der Waals surface area (Å²) in [6, 6.07) is 0. The second kappa shape index (κ2) is 6.24. The third-order valence-electron chi connectivity index (χ3n) is 5.25. The SMILES string of the molecule is Cc1c([C@H]2CN(CC3=CCCCC3)C[C@@H]2C(N)=O)cnn1C. The molecular weight excluding hydrogens is 276 g/mol. The van der Waals surface area contributed by atoms with Crippen LogP contribution in [-0.4, -0.2) is 40.2 Å². The third-order valence-corrected chi connectivity index (χ3v) is 5.25. The fourth-order valence-electron chi connectivity index (χ4n) is 3.83. The van der Waals surface area contributed by atoms with Crippen molar-refractivity contribution < 1.29 is 4.79 Å². The molecule has 1 saturated heterocycles. The Hall–Kier alpha value is -1.62. The summed E-state index contributed by atoms with van der Waals surface area (Å²) < 4.78 is 1.87. The summed E-state index contributed by atoms with van der Waals surface area (Å²) in [5.41, 5.74) is 9.50. The zero-order valence-corrected chi connectivity index (χ0v) is 13.6. The summed E-state index contributed by atoms with van der Waals surface area (Å²) in [6.07, 6.45) is 9.29. The van der Waals surface area contributed by atoms with Gasteiger partial charge in [-0.25, -0.2) is 0 Å². The molecule has 1 aliphatic heterocycles. The molecule has 0 spiro atoms. The van der Waals surface area contributed by atoms with Crippen LogP contribution in [0.2, 0.25) is 0 Å². The Morgan fingerprint density at radius 1 is 1.41 bits per heavy atom. The zero-order chi connectivity index (χ0) is 15.7. The van der Waals surface area contributed by atoms with Gasteiger partial charge in [0, 0.05) is 38.3 Å². The number of primary amides is 1. The lowest BCUT2D eigenvalue weighted by Gasteiger charge is -2.20. The van der Waals surface area contributed by atoms with Gasteiger partial charge in [0.05, 0.1) is 12.1 Å². The van der Waals surface area contributed by atoms with Gasteiger partial charge in [0.1, 0.15) is 0 Å². The molecule has 0 radical (unpaired) electrons. The monoisotopic (exact) mass is 302 g/mol. The Morgan fingerprint density at radius 3 is 2.82 bits per heavy atom. The maximum atomic E-state index is 11.9. The second-order valence-corrected chi connectivity index (χ2v) is 6.73. The molecule has 120 valence electrons. The number of rotatable bonds is 4. The molecule has 2 atom stereocenters. The number of allylic oxidation sites excluding steroid dienone is 1. The van der Waals surface area contributed by atoms with E-state index in [0.717, 1.165) is 25.3 Å². The predicted molar refractivity (Wildman–Crippen MR) is 86.4 cm³/mol. The van der Waals surface area contributed by atoms with E-state index in [1.54, 1.807) is 0 Å². The number of likely N-dealkylation sites (tertiary alicyclic amines) is 1. The Balaban J connectivity index is 1.76. The Kier molecular flexibility index (Phi) is 4.34. The van der Waals surface area contributed by atoms with Gasteiger partial charge in [-0.2, -0.15) is 5.10 Å². The molecule has 2 N–H and O–H groups in total. The number of aryl methyl sites for hydroxylation is 1. The van der Waals surface area contributed by atoms with Crippen LogP contribution >= 0.6 is 0 Å². The van der Waals surface area contributed by atoms with E-state index in [1.807, 2.05) is 17.9 Å². The second-order valence-electron chi connectivity index (χ2n) is 6.73. The van der Waals surface area contributed by atoms with Gasteiger partial charge in [-0.3, -0.25) is 14.4 Å². The molecule has 5 nitrogen and oxygen atoms in total.